The molecule has 1 aromatic carbocycles. The minimum absolute atomic E-state index is 0.133. The summed E-state index contributed by atoms with van der Waals surface area (Å²) in [6, 6.07) is 8.26. The van der Waals surface area contributed by atoms with Gasteiger partial charge in [0.25, 0.3) is 5.89 Å². The average molecular weight is 577 g/mol. The normalized spacial score (nSPS) is 14.9. The van der Waals surface area contributed by atoms with Crippen molar-refractivity contribution in [1.82, 2.24) is 24.9 Å². The number of rotatable bonds is 7. The summed E-state index contributed by atoms with van der Waals surface area (Å²) in [7, 11) is 0. The molecule has 3 heterocycles. The minimum atomic E-state index is -1.26. The topological polar surface area (TPSA) is 166 Å². The number of carboxylic acid groups (broad SMARTS) is 1. The Morgan fingerprint density at radius 2 is 1.81 bits per heavy atom. The summed E-state index contributed by atoms with van der Waals surface area (Å²) in [6.07, 6.45) is 0.0401. The number of nitriles is 1. The van der Waals surface area contributed by atoms with E-state index in [1.54, 1.807) is 31.7 Å². The van der Waals surface area contributed by atoms with Crippen LogP contribution in [0.3, 0.4) is 0 Å². The van der Waals surface area contributed by atoms with Crippen LogP contribution in [-0.4, -0.2) is 84.0 Å². The Labute approximate surface area is 244 Å². The number of nitrogens with zero attached hydrogens (tertiary/aromatic N) is 6. The summed E-state index contributed by atoms with van der Waals surface area (Å²) >= 11 is 0. The molecule has 0 radical (unpaired) electrons. The Morgan fingerprint density at radius 3 is 2.40 bits per heavy atom. The third kappa shape index (κ3) is 6.52. The SMILES string of the molecule is CC(C)Oc1ncc(-c2nc(-c3ccc4c(c3)CCN(C(=O)[C@H]([C@@H](C)O)N(C(=O)O)C(C)(C)C)CC4)no2)cc1C#N. The number of hydrogen-bond acceptors (Lipinski definition) is 9. The van der Waals surface area contributed by atoms with Gasteiger partial charge in [-0.25, -0.2) is 9.78 Å². The van der Waals surface area contributed by atoms with E-state index in [1.165, 1.54) is 13.1 Å². The molecule has 12 heteroatoms. The highest BCUT2D eigenvalue weighted by Crippen LogP contribution is 2.29. The molecule has 0 fully saturated rings. The molecule has 2 aromatic heterocycles. The molecule has 42 heavy (non-hydrogen) atoms. The van der Waals surface area contributed by atoms with Gasteiger partial charge >= 0.3 is 6.09 Å². The highest BCUT2D eigenvalue weighted by molar-refractivity contribution is 5.86. The lowest BCUT2D eigenvalue weighted by Crippen LogP contribution is -2.61. The van der Waals surface area contributed by atoms with Crippen LogP contribution >= 0.6 is 0 Å². The molecule has 1 aliphatic rings. The Bertz CT molecular complexity index is 1500. The zero-order chi connectivity index (χ0) is 30.8. The number of pyridine rings is 1. The number of ether oxygens (including phenoxy) is 1. The maximum Gasteiger partial charge on any atom is 0.408 e. The van der Waals surface area contributed by atoms with Gasteiger partial charge in [0, 0.05) is 30.4 Å². The van der Waals surface area contributed by atoms with Gasteiger partial charge in [0.05, 0.1) is 17.8 Å². The van der Waals surface area contributed by atoms with E-state index in [0.717, 1.165) is 21.6 Å². The molecule has 0 saturated heterocycles. The van der Waals surface area contributed by atoms with Crippen LogP contribution in [-0.2, 0) is 17.6 Å². The summed E-state index contributed by atoms with van der Waals surface area (Å²) in [4.78, 5) is 37.1. The first-order valence-electron chi connectivity index (χ1n) is 13.8. The molecule has 3 aromatic rings. The smallest absolute Gasteiger partial charge is 0.408 e. The second-order valence-electron chi connectivity index (χ2n) is 11.6. The van der Waals surface area contributed by atoms with Crippen LogP contribution in [0.1, 0.15) is 58.2 Å². The van der Waals surface area contributed by atoms with Crippen molar-refractivity contribution in [2.24, 2.45) is 0 Å². The van der Waals surface area contributed by atoms with Gasteiger partial charge in [-0.2, -0.15) is 10.2 Å². The predicted molar refractivity (Wildman–Crippen MR) is 153 cm³/mol. The minimum Gasteiger partial charge on any atom is -0.474 e. The fourth-order valence-corrected chi connectivity index (χ4v) is 5.05. The highest BCUT2D eigenvalue weighted by Gasteiger charge is 2.42. The van der Waals surface area contributed by atoms with E-state index in [2.05, 4.69) is 21.2 Å². The molecular formula is C30H36N6O6. The van der Waals surface area contributed by atoms with Gasteiger partial charge in [-0.05, 0) is 77.6 Å². The van der Waals surface area contributed by atoms with Gasteiger partial charge in [0.15, 0.2) is 0 Å². The number of amides is 2. The number of aliphatic hydroxyl groups is 1. The Balaban J connectivity index is 1.53. The van der Waals surface area contributed by atoms with Gasteiger partial charge in [-0.15, -0.1) is 0 Å². The van der Waals surface area contributed by atoms with Crippen LogP contribution in [0.25, 0.3) is 22.8 Å². The zero-order valence-corrected chi connectivity index (χ0v) is 24.7. The molecule has 222 valence electrons. The van der Waals surface area contributed by atoms with Gasteiger partial charge in [0.1, 0.15) is 17.7 Å². The van der Waals surface area contributed by atoms with Crippen LogP contribution in [0.15, 0.2) is 35.0 Å². The van der Waals surface area contributed by atoms with Crippen molar-refractivity contribution >= 4 is 12.0 Å². The van der Waals surface area contributed by atoms with Gasteiger partial charge in [-0.1, -0.05) is 17.3 Å². The number of benzene rings is 1. The molecule has 2 amide bonds. The predicted octanol–water partition coefficient (Wildman–Crippen LogP) is 3.91. The van der Waals surface area contributed by atoms with E-state index in [-0.39, 0.29) is 23.4 Å². The summed E-state index contributed by atoms with van der Waals surface area (Å²) in [5.41, 5.74) is 2.66. The average Bonchev–Trinajstić information content (AvgIpc) is 3.31. The molecule has 2 atom stereocenters. The van der Waals surface area contributed by atoms with E-state index in [0.29, 0.717) is 37.3 Å². The third-order valence-corrected chi connectivity index (χ3v) is 6.99. The van der Waals surface area contributed by atoms with Crippen molar-refractivity contribution in [2.45, 2.75) is 78.2 Å². The highest BCUT2D eigenvalue weighted by atomic mass is 16.5. The quantitative estimate of drug-likeness (QED) is 0.421. The second kappa shape index (κ2) is 12.2. The molecule has 4 rings (SSSR count). The third-order valence-electron chi connectivity index (χ3n) is 6.99. The largest absolute Gasteiger partial charge is 0.474 e. The van der Waals surface area contributed by atoms with Gasteiger partial charge < -0.3 is 24.4 Å². The molecule has 2 N–H and O–H groups in total. The molecule has 1 aliphatic heterocycles. The van der Waals surface area contributed by atoms with E-state index in [4.69, 9.17) is 9.26 Å². The molecule has 0 saturated carbocycles. The second-order valence-corrected chi connectivity index (χ2v) is 11.6. The van der Waals surface area contributed by atoms with Crippen molar-refractivity contribution in [3.8, 4) is 34.8 Å². The van der Waals surface area contributed by atoms with Gasteiger partial charge in [0.2, 0.25) is 17.6 Å². The fraction of sp³-hybridized carbons (Fsp3) is 0.467. The van der Waals surface area contributed by atoms with Crippen LogP contribution in [0.2, 0.25) is 0 Å². The fourth-order valence-electron chi connectivity index (χ4n) is 5.05. The first kappa shape index (κ1) is 30.5. The number of aliphatic hydroxyl groups excluding tert-OH is 1. The monoisotopic (exact) mass is 576 g/mol. The molecule has 0 bridgehead atoms. The van der Waals surface area contributed by atoms with E-state index in [9.17, 15) is 25.1 Å². The lowest BCUT2D eigenvalue weighted by atomic mass is 9.99. The van der Waals surface area contributed by atoms with Crippen molar-refractivity contribution in [3.63, 3.8) is 0 Å². The van der Waals surface area contributed by atoms with E-state index < -0.39 is 29.7 Å². The number of hydrogen-bond donors (Lipinski definition) is 2. The zero-order valence-electron chi connectivity index (χ0n) is 24.7. The standard InChI is InChI=1S/C30H36N6O6/c1-17(2)41-26-22(15-31)14-23(16-32-26)27-33-25(34-42-27)21-8-7-19-9-11-35(12-10-20(19)13-21)28(38)24(18(3)37)36(29(39)40)30(4,5)6/h7-8,13-14,16-18,24,37H,9-12H2,1-6H3,(H,39,40)/t18-,24+/m1/s1. The lowest BCUT2D eigenvalue weighted by molar-refractivity contribution is -0.142. The molecule has 12 nitrogen and oxygen atoms in total. The van der Waals surface area contributed by atoms with Crippen molar-refractivity contribution < 1.29 is 29.1 Å². The molecular weight excluding hydrogens is 540 g/mol. The Morgan fingerprint density at radius 1 is 1.12 bits per heavy atom. The van der Waals surface area contributed by atoms with Gasteiger partial charge in [-0.3, -0.25) is 9.69 Å². The maximum atomic E-state index is 13.6. The first-order chi connectivity index (χ1) is 19.8. The van der Waals surface area contributed by atoms with Crippen LogP contribution in [0, 0.1) is 11.3 Å². The van der Waals surface area contributed by atoms with Crippen LogP contribution in [0.4, 0.5) is 4.79 Å². The molecule has 0 unspecified atom stereocenters. The van der Waals surface area contributed by atoms with Crippen molar-refractivity contribution in [3.05, 3.63) is 47.2 Å². The first-order valence-corrected chi connectivity index (χ1v) is 13.8. The summed E-state index contributed by atoms with van der Waals surface area (Å²) in [6.45, 7) is 11.0. The number of fused-ring (bicyclic) bond motifs is 1. The van der Waals surface area contributed by atoms with E-state index in [1.807, 2.05) is 32.0 Å². The summed E-state index contributed by atoms with van der Waals surface area (Å²) in [5.74, 6) is 0.390. The van der Waals surface area contributed by atoms with Crippen LogP contribution in [0.5, 0.6) is 5.88 Å². The number of aromatic nitrogens is 3. The Hall–Kier alpha value is -4.50. The van der Waals surface area contributed by atoms with Crippen LogP contribution < -0.4 is 4.74 Å². The van der Waals surface area contributed by atoms with Crippen molar-refractivity contribution in [1.29, 1.82) is 5.26 Å². The Kier molecular flexibility index (Phi) is 8.82. The molecule has 0 spiro atoms. The van der Waals surface area contributed by atoms with E-state index >= 15 is 0 Å². The summed E-state index contributed by atoms with van der Waals surface area (Å²) < 4.78 is 11.1. The molecule has 0 aliphatic carbocycles. The lowest BCUT2D eigenvalue weighted by Gasteiger charge is -2.41. The van der Waals surface area contributed by atoms with Crippen molar-refractivity contribution in [2.75, 3.05) is 13.1 Å². The maximum absolute atomic E-state index is 13.6. The summed E-state index contributed by atoms with van der Waals surface area (Å²) in [5, 5.41) is 34.0. The number of carbonyl (C=O) groups excluding carboxylic acids is 1. The number of carbonyl (C=O) groups is 2.